The molecule has 1 N–H and O–H groups in total. The van der Waals surface area contributed by atoms with Crippen LogP contribution >= 0.6 is 11.6 Å². The number of amides is 2. The Kier molecular flexibility index (Phi) is 5.82. The summed E-state index contributed by atoms with van der Waals surface area (Å²) in [5.74, 6) is -0.434. The molecule has 1 aliphatic rings. The van der Waals surface area contributed by atoms with Crippen LogP contribution in [0.25, 0.3) is 17.0 Å². The summed E-state index contributed by atoms with van der Waals surface area (Å²) in [4.78, 5) is 19.2. The fourth-order valence-corrected chi connectivity index (χ4v) is 4.21. The molecule has 4 aromatic rings. The molecule has 1 unspecified atom stereocenters. The lowest BCUT2D eigenvalue weighted by atomic mass is 9.94. The van der Waals surface area contributed by atoms with Crippen molar-refractivity contribution in [3.05, 3.63) is 106 Å². The number of rotatable bonds is 4. The fraction of sp³-hybridized carbons (Fsp3) is 0.115. The largest absolute Gasteiger partial charge is 0.334 e. The topological polar surface area (TPSA) is 71.3 Å². The number of allylic oxidation sites excluding steroid dienone is 1. The van der Waals surface area contributed by atoms with E-state index in [4.69, 9.17) is 16.1 Å². The van der Waals surface area contributed by atoms with E-state index in [9.17, 15) is 13.6 Å². The number of halogens is 3. The fourth-order valence-electron chi connectivity index (χ4n) is 4.08. The summed E-state index contributed by atoms with van der Waals surface area (Å²) in [7, 11) is 0. The van der Waals surface area contributed by atoms with Crippen LogP contribution in [0.2, 0.25) is 5.02 Å². The number of hydrogen-bond acceptors (Lipinski definition) is 4. The Morgan fingerprint density at radius 1 is 1.03 bits per heavy atom. The SMILES string of the molecule is CC1=C(c2nc(-c3cccc(F)c3)no2)C(c2ccc(Cl)cc2)NC(=O)N1c1ccc(F)c(C)c1. The molecule has 0 saturated heterocycles. The van der Waals surface area contributed by atoms with Crippen LogP contribution in [-0.2, 0) is 0 Å². The smallest absolute Gasteiger partial charge is 0.326 e. The summed E-state index contributed by atoms with van der Waals surface area (Å²) < 4.78 is 33.3. The van der Waals surface area contributed by atoms with E-state index in [-0.39, 0.29) is 17.5 Å². The molecule has 2 amide bonds. The Balaban J connectivity index is 1.66. The standard InChI is InChI=1S/C26H19ClF2N4O2/c1-14-12-20(10-11-21(14)29)33-15(2)22(23(30-26(33)34)16-6-8-18(27)9-7-16)25-31-24(32-35-25)17-4-3-5-19(28)13-17/h3-13,23H,1-2H3,(H,30,34). The minimum absolute atomic E-state index is 0.158. The molecule has 2 heterocycles. The third-order valence-electron chi connectivity index (χ3n) is 5.83. The molecule has 0 aliphatic carbocycles. The van der Waals surface area contributed by atoms with E-state index < -0.39 is 17.9 Å². The molecule has 3 aromatic carbocycles. The molecule has 0 saturated carbocycles. The molecule has 0 spiro atoms. The summed E-state index contributed by atoms with van der Waals surface area (Å²) >= 11 is 6.07. The molecule has 0 bridgehead atoms. The third-order valence-corrected chi connectivity index (χ3v) is 6.08. The predicted molar refractivity (Wildman–Crippen MR) is 129 cm³/mol. The van der Waals surface area contributed by atoms with E-state index in [0.717, 1.165) is 5.56 Å². The van der Waals surface area contributed by atoms with E-state index in [1.807, 2.05) is 0 Å². The van der Waals surface area contributed by atoms with Gasteiger partial charge in [0.1, 0.15) is 11.6 Å². The monoisotopic (exact) mass is 492 g/mol. The zero-order valence-corrected chi connectivity index (χ0v) is 19.5. The summed E-state index contributed by atoms with van der Waals surface area (Å²) in [6.07, 6.45) is 0. The molecule has 9 heteroatoms. The van der Waals surface area contributed by atoms with Crippen molar-refractivity contribution in [1.82, 2.24) is 15.5 Å². The lowest BCUT2D eigenvalue weighted by molar-refractivity contribution is 0.244. The molecule has 35 heavy (non-hydrogen) atoms. The van der Waals surface area contributed by atoms with Crippen LogP contribution in [0, 0.1) is 18.6 Å². The van der Waals surface area contributed by atoms with Crippen molar-refractivity contribution in [3.8, 4) is 11.4 Å². The van der Waals surface area contributed by atoms with Crippen LogP contribution in [0.15, 0.2) is 77.0 Å². The van der Waals surface area contributed by atoms with Gasteiger partial charge < -0.3 is 9.84 Å². The molecule has 0 fully saturated rings. The summed E-state index contributed by atoms with van der Waals surface area (Å²) in [6.45, 7) is 3.38. The maximum atomic E-state index is 13.9. The van der Waals surface area contributed by atoms with Gasteiger partial charge in [-0.3, -0.25) is 4.90 Å². The van der Waals surface area contributed by atoms with Crippen molar-refractivity contribution in [3.63, 3.8) is 0 Å². The Hall–Kier alpha value is -4.04. The quantitative estimate of drug-likeness (QED) is 0.345. The second-order valence-electron chi connectivity index (χ2n) is 8.14. The Labute approximate surface area is 204 Å². The zero-order valence-electron chi connectivity index (χ0n) is 18.7. The number of benzene rings is 3. The van der Waals surface area contributed by atoms with Crippen LogP contribution in [0.1, 0.15) is 30.0 Å². The molecular formula is C26H19ClF2N4O2. The van der Waals surface area contributed by atoms with Crippen molar-refractivity contribution in [2.75, 3.05) is 4.90 Å². The van der Waals surface area contributed by atoms with E-state index in [1.54, 1.807) is 56.3 Å². The van der Waals surface area contributed by atoms with Gasteiger partial charge in [0.15, 0.2) is 0 Å². The number of urea groups is 1. The predicted octanol–water partition coefficient (Wildman–Crippen LogP) is 6.68. The van der Waals surface area contributed by atoms with Gasteiger partial charge in [0.25, 0.3) is 5.89 Å². The zero-order chi connectivity index (χ0) is 24.7. The van der Waals surface area contributed by atoms with Crippen LogP contribution < -0.4 is 10.2 Å². The minimum atomic E-state index is -0.627. The van der Waals surface area contributed by atoms with Gasteiger partial charge >= 0.3 is 6.03 Å². The molecule has 0 radical (unpaired) electrons. The molecule has 1 aliphatic heterocycles. The highest BCUT2D eigenvalue weighted by molar-refractivity contribution is 6.30. The number of anilines is 1. The Bertz CT molecular complexity index is 1470. The van der Waals surface area contributed by atoms with Crippen LogP contribution in [0.3, 0.4) is 0 Å². The molecule has 176 valence electrons. The van der Waals surface area contributed by atoms with Crippen molar-refractivity contribution < 1.29 is 18.1 Å². The van der Waals surface area contributed by atoms with Crippen LogP contribution in [-0.4, -0.2) is 16.2 Å². The summed E-state index contributed by atoms with van der Waals surface area (Å²) in [6, 6.07) is 16.3. The van der Waals surface area contributed by atoms with Gasteiger partial charge in [0.2, 0.25) is 5.82 Å². The highest BCUT2D eigenvalue weighted by Crippen LogP contribution is 2.39. The van der Waals surface area contributed by atoms with Gasteiger partial charge in [-0.05, 0) is 67.4 Å². The van der Waals surface area contributed by atoms with Crippen LogP contribution in [0.5, 0.6) is 0 Å². The molecule has 5 rings (SSSR count). The second kappa shape index (κ2) is 8.96. The number of nitrogens with one attached hydrogen (secondary N) is 1. The number of nitrogens with zero attached hydrogens (tertiary/aromatic N) is 3. The van der Waals surface area contributed by atoms with Gasteiger partial charge in [-0.25, -0.2) is 13.6 Å². The van der Waals surface area contributed by atoms with E-state index >= 15 is 0 Å². The van der Waals surface area contributed by atoms with Crippen LogP contribution in [0.4, 0.5) is 19.3 Å². The maximum absolute atomic E-state index is 13.9. The van der Waals surface area contributed by atoms with Crippen molar-refractivity contribution in [2.24, 2.45) is 0 Å². The van der Waals surface area contributed by atoms with E-state index in [1.165, 1.54) is 29.2 Å². The average Bonchev–Trinajstić information content (AvgIpc) is 3.31. The van der Waals surface area contributed by atoms with Gasteiger partial charge in [-0.1, -0.05) is 41.0 Å². The molecule has 1 atom stereocenters. The van der Waals surface area contributed by atoms with E-state index in [0.29, 0.717) is 33.1 Å². The number of carbonyl (C=O) groups is 1. The average molecular weight is 493 g/mol. The third kappa shape index (κ3) is 4.28. The Morgan fingerprint density at radius 3 is 2.51 bits per heavy atom. The molecular weight excluding hydrogens is 474 g/mol. The molecule has 6 nitrogen and oxygen atoms in total. The first-order chi connectivity index (χ1) is 16.8. The van der Waals surface area contributed by atoms with Gasteiger partial charge in [0.05, 0.1) is 17.3 Å². The summed E-state index contributed by atoms with van der Waals surface area (Å²) in [5, 5.41) is 7.56. The van der Waals surface area contributed by atoms with Crippen molar-refractivity contribution >= 4 is 28.9 Å². The lowest BCUT2D eigenvalue weighted by Gasteiger charge is -2.35. The van der Waals surface area contributed by atoms with Gasteiger partial charge in [-0.15, -0.1) is 0 Å². The normalized spacial score (nSPS) is 16.0. The summed E-state index contributed by atoms with van der Waals surface area (Å²) in [5.41, 5.74) is 3.15. The first-order valence-corrected chi connectivity index (χ1v) is 11.1. The highest BCUT2D eigenvalue weighted by Gasteiger charge is 2.36. The van der Waals surface area contributed by atoms with Gasteiger partial charge in [0, 0.05) is 16.3 Å². The maximum Gasteiger partial charge on any atom is 0.326 e. The first kappa shape index (κ1) is 22.7. The minimum Gasteiger partial charge on any atom is -0.334 e. The highest BCUT2D eigenvalue weighted by atomic mass is 35.5. The first-order valence-electron chi connectivity index (χ1n) is 10.7. The van der Waals surface area contributed by atoms with Gasteiger partial charge in [-0.2, -0.15) is 4.98 Å². The van der Waals surface area contributed by atoms with Crippen molar-refractivity contribution in [2.45, 2.75) is 19.9 Å². The lowest BCUT2D eigenvalue weighted by Crippen LogP contribution is -2.46. The number of aryl methyl sites for hydroxylation is 1. The van der Waals surface area contributed by atoms with E-state index in [2.05, 4.69) is 15.5 Å². The van der Waals surface area contributed by atoms with Crippen molar-refractivity contribution in [1.29, 1.82) is 0 Å². The number of hydrogen-bond donors (Lipinski definition) is 1. The number of aromatic nitrogens is 2. The number of carbonyl (C=O) groups excluding carboxylic acids is 1. The Morgan fingerprint density at radius 2 is 1.80 bits per heavy atom. The molecule has 1 aromatic heterocycles. The second-order valence-corrected chi connectivity index (χ2v) is 8.57.